The molecular formula is C22H23N3O6. The molecule has 0 unspecified atom stereocenters. The van der Waals surface area contributed by atoms with Crippen molar-refractivity contribution in [3.8, 4) is 0 Å². The fourth-order valence-corrected chi connectivity index (χ4v) is 2.32. The molecule has 162 valence electrons. The lowest BCUT2D eigenvalue weighted by Crippen LogP contribution is -2.41. The van der Waals surface area contributed by atoms with Crippen molar-refractivity contribution in [2.24, 2.45) is 0 Å². The second-order valence-corrected chi connectivity index (χ2v) is 6.19. The second kappa shape index (κ2) is 12.4. The van der Waals surface area contributed by atoms with E-state index in [1.54, 1.807) is 42.5 Å². The van der Waals surface area contributed by atoms with Crippen molar-refractivity contribution >= 4 is 30.0 Å². The van der Waals surface area contributed by atoms with Gasteiger partial charge in [0, 0.05) is 0 Å². The number of hydrogen-bond donors (Lipinski definition) is 3. The maximum atomic E-state index is 12.4. The maximum absolute atomic E-state index is 12.4. The number of benzene rings is 2. The van der Waals surface area contributed by atoms with E-state index in [4.69, 9.17) is 4.74 Å². The van der Waals surface area contributed by atoms with E-state index >= 15 is 0 Å². The summed E-state index contributed by atoms with van der Waals surface area (Å²) in [5, 5.41) is 7.09. The fraction of sp³-hybridized carbons (Fsp3) is 0.182. The van der Waals surface area contributed by atoms with Crippen molar-refractivity contribution in [3.05, 3.63) is 77.5 Å². The highest BCUT2D eigenvalue weighted by Crippen LogP contribution is 2.05. The largest absolute Gasteiger partial charge is 0.468 e. The molecule has 3 amide bonds. The number of ether oxygens (including phenoxy) is 2. The zero-order valence-electron chi connectivity index (χ0n) is 16.9. The van der Waals surface area contributed by atoms with Crippen LogP contribution in [0.25, 0.3) is 6.08 Å². The first-order valence-corrected chi connectivity index (χ1v) is 9.34. The van der Waals surface area contributed by atoms with Crippen LogP contribution in [-0.4, -0.2) is 44.1 Å². The minimum absolute atomic E-state index is 0.0589. The van der Waals surface area contributed by atoms with Crippen LogP contribution in [0.1, 0.15) is 11.1 Å². The average Bonchev–Trinajstić information content (AvgIpc) is 2.80. The van der Waals surface area contributed by atoms with Gasteiger partial charge in [0.05, 0.1) is 7.11 Å². The fourth-order valence-electron chi connectivity index (χ4n) is 2.32. The van der Waals surface area contributed by atoms with Crippen molar-refractivity contribution < 1.29 is 28.7 Å². The molecular weight excluding hydrogens is 402 g/mol. The molecule has 0 aliphatic carbocycles. The van der Waals surface area contributed by atoms with Gasteiger partial charge in [-0.15, -0.1) is 0 Å². The quantitative estimate of drug-likeness (QED) is 0.412. The van der Waals surface area contributed by atoms with Gasteiger partial charge in [-0.05, 0) is 17.2 Å². The van der Waals surface area contributed by atoms with Crippen LogP contribution in [0.4, 0.5) is 4.79 Å². The summed E-state index contributed by atoms with van der Waals surface area (Å²) in [6.45, 7) is -0.713. The average molecular weight is 425 g/mol. The molecule has 0 saturated heterocycles. The number of nitrogens with one attached hydrogen (secondary N) is 3. The highest BCUT2D eigenvalue weighted by molar-refractivity contribution is 6.02. The van der Waals surface area contributed by atoms with E-state index < -0.39 is 30.4 Å². The first-order chi connectivity index (χ1) is 15.0. The topological polar surface area (TPSA) is 123 Å². The van der Waals surface area contributed by atoms with Gasteiger partial charge in [-0.25, -0.2) is 4.79 Å². The lowest BCUT2D eigenvalue weighted by atomic mass is 10.2. The molecule has 3 N–H and O–H groups in total. The van der Waals surface area contributed by atoms with Crippen LogP contribution in [0.5, 0.6) is 0 Å². The molecule has 0 bridgehead atoms. The Morgan fingerprint density at radius 3 is 2.16 bits per heavy atom. The number of carbonyl (C=O) groups excluding carboxylic acids is 4. The van der Waals surface area contributed by atoms with Crippen LogP contribution in [0.15, 0.2) is 66.4 Å². The van der Waals surface area contributed by atoms with Gasteiger partial charge in [0.1, 0.15) is 25.4 Å². The predicted octanol–water partition coefficient (Wildman–Crippen LogP) is 1.36. The second-order valence-electron chi connectivity index (χ2n) is 6.19. The van der Waals surface area contributed by atoms with E-state index in [2.05, 4.69) is 20.7 Å². The van der Waals surface area contributed by atoms with Gasteiger partial charge in [-0.3, -0.25) is 14.4 Å². The highest BCUT2D eigenvalue weighted by atomic mass is 16.5. The Kier molecular flexibility index (Phi) is 9.28. The molecule has 2 aromatic rings. The van der Waals surface area contributed by atoms with E-state index in [1.807, 2.05) is 18.2 Å². The Labute approximate surface area is 179 Å². The summed E-state index contributed by atoms with van der Waals surface area (Å²) in [7, 11) is 1.19. The summed E-state index contributed by atoms with van der Waals surface area (Å²) >= 11 is 0. The number of hydrogen-bond acceptors (Lipinski definition) is 6. The van der Waals surface area contributed by atoms with Gasteiger partial charge in [0.2, 0.25) is 5.91 Å². The van der Waals surface area contributed by atoms with E-state index in [0.717, 1.165) is 5.56 Å². The summed E-state index contributed by atoms with van der Waals surface area (Å²) in [5.74, 6) is -1.97. The molecule has 0 aliphatic rings. The monoisotopic (exact) mass is 425 g/mol. The number of methoxy groups -OCH3 is 1. The number of carbonyl (C=O) groups is 4. The standard InChI is InChI=1S/C22H23N3O6/c1-30-20(27)14-23-21(28)18(12-16-8-4-2-5-9-16)25-19(26)13-24-22(29)31-15-17-10-6-3-7-11-17/h2-12H,13-15H2,1H3,(H,23,28)(H,24,29)(H,25,26)/b18-12-. The van der Waals surface area contributed by atoms with Crippen LogP contribution in [0.3, 0.4) is 0 Å². The molecule has 0 atom stereocenters. The minimum atomic E-state index is -0.775. The van der Waals surface area contributed by atoms with Gasteiger partial charge in [0.15, 0.2) is 0 Å². The Morgan fingerprint density at radius 2 is 1.52 bits per heavy atom. The molecule has 9 nitrogen and oxygen atoms in total. The highest BCUT2D eigenvalue weighted by Gasteiger charge is 2.15. The Morgan fingerprint density at radius 1 is 0.871 bits per heavy atom. The molecule has 0 spiro atoms. The van der Waals surface area contributed by atoms with E-state index in [1.165, 1.54) is 13.2 Å². The Bertz CT molecular complexity index is 929. The van der Waals surface area contributed by atoms with Crippen molar-refractivity contribution in [2.75, 3.05) is 20.2 Å². The first kappa shape index (κ1) is 23.1. The number of alkyl carbamates (subject to hydrolysis) is 1. The van der Waals surface area contributed by atoms with Gasteiger partial charge >= 0.3 is 12.1 Å². The van der Waals surface area contributed by atoms with E-state index in [-0.39, 0.29) is 18.8 Å². The predicted molar refractivity (Wildman–Crippen MR) is 112 cm³/mol. The molecule has 31 heavy (non-hydrogen) atoms. The Balaban J connectivity index is 1.92. The summed E-state index contributed by atoms with van der Waals surface area (Å²) < 4.78 is 9.51. The van der Waals surface area contributed by atoms with Gasteiger partial charge in [0.25, 0.3) is 5.91 Å². The van der Waals surface area contributed by atoms with Crippen molar-refractivity contribution in [3.63, 3.8) is 0 Å². The molecule has 0 fully saturated rings. The third-order valence-corrected chi connectivity index (χ3v) is 3.86. The number of rotatable bonds is 9. The molecule has 0 aliphatic heterocycles. The molecule has 2 aromatic carbocycles. The summed E-state index contributed by atoms with van der Waals surface area (Å²) in [4.78, 5) is 47.7. The molecule has 0 aromatic heterocycles. The van der Waals surface area contributed by atoms with Gasteiger partial charge in [-0.2, -0.15) is 0 Å². The summed E-state index contributed by atoms with van der Waals surface area (Å²) in [6, 6.07) is 17.9. The van der Waals surface area contributed by atoms with Gasteiger partial charge < -0.3 is 25.4 Å². The molecule has 0 radical (unpaired) electrons. The zero-order valence-corrected chi connectivity index (χ0v) is 16.9. The number of amides is 3. The van der Waals surface area contributed by atoms with Crippen LogP contribution in [0.2, 0.25) is 0 Å². The van der Waals surface area contributed by atoms with Crippen molar-refractivity contribution in [1.82, 2.24) is 16.0 Å². The Hall–Kier alpha value is -4.14. The summed E-state index contributed by atoms with van der Waals surface area (Å²) in [6.07, 6.45) is 0.667. The molecule has 0 saturated carbocycles. The van der Waals surface area contributed by atoms with Crippen molar-refractivity contribution in [1.29, 1.82) is 0 Å². The third-order valence-electron chi connectivity index (χ3n) is 3.86. The minimum Gasteiger partial charge on any atom is -0.468 e. The zero-order chi connectivity index (χ0) is 22.5. The lowest BCUT2D eigenvalue weighted by molar-refractivity contribution is -0.140. The normalized spacial score (nSPS) is 10.5. The van der Waals surface area contributed by atoms with E-state index in [0.29, 0.717) is 5.56 Å². The van der Waals surface area contributed by atoms with Gasteiger partial charge in [-0.1, -0.05) is 60.7 Å². The lowest BCUT2D eigenvalue weighted by Gasteiger charge is -2.11. The third kappa shape index (κ3) is 8.82. The molecule has 2 rings (SSSR count). The van der Waals surface area contributed by atoms with Crippen LogP contribution < -0.4 is 16.0 Å². The molecule has 9 heteroatoms. The molecule has 0 heterocycles. The summed E-state index contributed by atoms with van der Waals surface area (Å²) in [5.41, 5.74) is 1.36. The van der Waals surface area contributed by atoms with Crippen LogP contribution in [-0.2, 0) is 30.5 Å². The number of esters is 1. The van der Waals surface area contributed by atoms with Crippen LogP contribution >= 0.6 is 0 Å². The van der Waals surface area contributed by atoms with Crippen LogP contribution in [0, 0.1) is 0 Å². The first-order valence-electron chi connectivity index (χ1n) is 9.34. The maximum Gasteiger partial charge on any atom is 0.407 e. The SMILES string of the molecule is COC(=O)CNC(=O)/C(=C/c1ccccc1)NC(=O)CNC(=O)OCc1ccccc1. The smallest absolute Gasteiger partial charge is 0.407 e. The van der Waals surface area contributed by atoms with E-state index in [9.17, 15) is 19.2 Å². The van der Waals surface area contributed by atoms with Crippen molar-refractivity contribution in [2.45, 2.75) is 6.61 Å².